The summed E-state index contributed by atoms with van der Waals surface area (Å²) in [5, 5.41) is 12.1. The van der Waals surface area contributed by atoms with Crippen LogP contribution in [0.1, 0.15) is 19.4 Å². The summed E-state index contributed by atoms with van der Waals surface area (Å²) in [5.41, 5.74) is 0.988. The molecule has 1 aromatic heterocycles. The molecule has 6 heteroatoms. The summed E-state index contributed by atoms with van der Waals surface area (Å²) in [4.78, 5) is 4.11. The first-order valence-corrected chi connectivity index (χ1v) is 6.50. The number of phenols is 1. The number of nitrogens with one attached hydrogen (secondary N) is 1. The van der Waals surface area contributed by atoms with Crippen LogP contribution in [-0.2, 0) is 6.54 Å². The van der Waals surface area contributed by atoms with E-state index in [9.17, 15) is 8.78 Å². The van der Waals surface area contributed by atoms with Crippen molar-refractivity contribution in [1.82, 2.24) is 4.98 Å². The van der Waals surface area contributed by atoms with Gasteiger partial charge in [-0.2, -0.15) is 0 Å². The first-order chi connectivity index (χ1) is 9.97. The Morgan fingerprint density at radius 2 is 1.95 bits per heavy atom. The second-order valence-electron chi connectivity index (χ2n) is 4.78. The highest BCUT2D eigenvalue weighted by molar-refractivity contribution is 5.52. The molecule has 112 valence electrons. The molecule has 21 heavy (non-hydrogen) atoms. The average molecular weight is 294 g/mol. The van der Waals surface area contributed by atoms with Crippen LogP contribution in [0.5, 0.6) is 11.6 Å². The van der Waals surface area contributed by atoms with Crippen molar-refractivity contribution in [3.8, 4) is 11.6 Å². The van der Waals surface area contributed by atoms with Crippen molar-refractivity contribution in [2.75, 3.05) is 5.32 Å². The number of phenolic OH excluding ortho intramolecular Hbond substituents is 1. The Balaban J connectivity index is 2.13. The molecule has 0 saturated heterocycles. The van der Waals surface area contributed by atoms with Gasteiger partial charge in [-0.05, 0) is 43.7 Å². The molecule has 2 N–H and O–H groups in total. The number of ether oxygens (including phenoxy) is 1. The largest absolute Gasteiger partial charge is 0.503 e. The zero-order chi connectivity index (χ0) is 15.4. The van der Waals surface area contributed by atoms with Crippen molar-refractivity contribution in [2.45, 2.75) is 26.5 Å². The number of halogens is 2. The molecular weight excluding hydrogens is 278 g/mol. The molecule has 0 amide bonds. The predicted molar refractivity (Wildman–Crippen MR) is 75.4 cm³/mol. The van der Waals surface area contributed by atoms with E-state index in [0.717, 1.165) is 12.1 Å². The van der Waals surface area contributed by atoms with E-state index in [1.165, 1.54) is 0 Å². The molecule has 0 fully saturated rings. The predicted octanol–water partition coefficient (Wildman–Crippen LogP) is 3.46. The fourth-order valence-corrected chi connectivity index (χ4v) is 1.76. The maximum atomic E-state index is 13.3. The van der Waals surface area contributed by atoms with Gasteiger partial charge in [-0.3, -0.25) is 0 Å². The number of rotatable bonds is 5. The Morgan fingerprint density at radius 3 is 2.57 bits per heavy atom. The zero-order valence-corrected chi connectivity index (χ0v) is 11.7. The fourth-order valence-electron chi connectivity index (χ4n) is 1.76. The monoisotopic (exact) mass is 294 g/mol. The summed E-state index contributed by atoms with van der Waals surface area (Å²) in [5.74, 6) is -2.52. The molecule has 0 unspecified atom stereocenters. The van der Waals surface area contributed by atoms with Crippen molar-refractivity contribution >= 4 is 5.69 Å². The molecule has 0 spiro atoms. The van der Waals surface area contributed by atoms with Gasteiger partial charge in [-0.25, -0.2) is 13.8 Å². The van der Waals surface area contributed by atoms with E-state index in [-0.39, 0.29) is 12.6 Å². The van der Waals surface area contributed by atoms with Crippen molar-refractivity contribution in [1.29, 1.82) is 0 Å². The first-order valence-electron chi connectivity index (χ1n) is 6.50. The van der Waals surface area contributed by atoms with Crippen LogP contribution in [0.4, 0.5) is 14.5 Å². The van der Waals surface area contributed by atoms with Crippen molar-refractivity contribution in [2.24, 2.45) is 0 Å². The molecular formula is C15H16F2N2O2. The van der Waals surface area contributed by atoms with Crippen LogP contribution in [-0.4, -0.2) is 16.2 Å². The highest BCUT2D eigenvalue weighted by Crippen LogP contribution is 2.25. The van der Waals surface area contributed by atoms with Gasteiger partial charge in [0.15, 0.2) is 17.4 Å². The van der Waals surface area contributed by atoms with Crippen LogP contribution < -0.4 is 10.1 Å². The number of benzene rings is 1. The Kier molecular flexibility index (Phi) is 4.57. The van der Waals surface area contributed by atoms with E-state index in [0.29, 0.717) is 17.1 Å². The zero-order valence-electron chi connectivity index (χ0n) is 11.7. The van der Waals surface area contributed by atoms with Gasteiger partial charge in [0.05, 0.1) is 11.8 Å². The Bertz CT molecular complexity index is 610. The fraction of sp³-hybridized carbons (Fsp3) is 0.267. The Labute approximate surface area is 121 Å². The lowest BCUT2D eigenvalue weighted by Crippen LogP contribution is -2.10. The highest BCUT2D eigenvalue weighted by Gasteiger charge is 2.11. The Hall–Kier alpha value is -2.37. The third-order valence-electron chi connectivity index (χ3n) is 2.68. The highest BCUT2D eigenvalue weighted by atomic mass is 19.1. The number of hydrogen-bond donors (Lipinski definition) is 2. The summed E-state index contributed by atoms with van der Waals surface area (Å²) in [6.07, 6.45) is 1.56. The van der Waals surface area contributed by atoms with Gasteiger partial charge in [0, 0.05) is 12.7 Å². The van der Waals surface area contributed by atoms with Gasteiger partial charge in [-0.1, -0.05) is 0 Å². The topological polar surface area (TPSA) is 54.4 Å². The quantitative estimate of drug-likeness (QED) is 0.886. The lowest BCUT2D eigenvalue weighted by atomic mass is 10.2. The number of aromatic nitrogens is 1. The SMILES string of the molecule is CC(C)Oc1ncccc1NCc1cc(F)c(O)c(F)c1. The minimum absolute atomic E-state index is 0.0380. The van der Waals surface area contributed by atoms with Gasteiger partial charge in [0.1, 0.15) is 0 Å². The first kappa shape index (κ1) is 15.0. The van der Waals surface area contributed by atoms with Gasteiger partial charge >= 0.3 is 0 Å². The number of pyridine rings is 1. The molecule has 4 nitrogen and oxygen atoms in total. The Morgan fingerprint density at radius 1 is 1.29 bits per heavy atom. The summed E-state index contributed by atoms with van der Waals surface area (Å²) in [6.45, 7) is 3.93. The summed E-state index contributed by atoms with van der Waals surface area (Å²) < 4.78 is 32.1. The molecule has 0 atom stereocenters. The summed E-state index contributed by atoms with van der Waals surface area (Å²) in [7, 11) is 0. The van der Waals surface area contributed by atoms with Crippen molar-refractivity contribution in [3.63, 3.8) is 0 Å². The van der Waals surface area contributed by atoms with Crippen LogP contribution >= 0.6 is 0 Å². The van der Waals surface area contributed by atoms with Gasteiger partial charge in [0.25, 0.3) is 0 Å². The van der Waals surface area contributed by atoms with E-state index in [1.807, 2.05) is 13.8 Å². The maximum absolute atomic E-state index is 13.3. The molecule has 0 aliphatic carbocycles. The van der Waals surface area contributed by atoms with Crippen LogP contribution in [0.3, 0.4) is 0 Å². The molecule has 0 radical (unpaired) electrons. The standard InChI is InChI=1S/C15H16F2N2O2/c1-9(2)21-15-13(4-3-5-18-15)19-8-10-6-11(16)14(20)12(17)7-10/h3-7,9,19-20H,8H2,1-2H3. The molecule has 2 rings (SSSR count). The second-order valence-corrected chi connectivity index (χ2v) is 4.78. The number of anilines is 1. The van der Waals surface area contributed by atoms with E-state index in [1.54, 1.807) is 18.3 Å². The van der Waals surface area contributed by atoms with Gasteiger partial charge < -0.3 is 15.2 Å². The lowest BCUT2D eigenvalue weighted by molar-refractivity contribution is 0.234. The molecule has 2 aromatic rings. The van der Waals surface area contributed by atoms with Gasteiger partial charge in [0.2, 0.25) is 5.88 Å². The number of aromatic hydroxyl groups is 1. The third-order valence-corrected chi connectivity index (χ3v) is 2.68. The van der Waals surface area contributed by atoms with Crippen LogP contribution in [0.25, 0.3) is 0 Å². The van der Waals surface area contributed by atoms with Crippen LogP contribution in [0.2, 0.25) is 0 Å². The van der Waals surface area contributed by atoms with E-state index >= 15 is 0 Å². The maximum Gasteiger partial charge on any atom is 0.237 e. The molecule has 0 saturated carbocycles. The minimum atomic E-state index is -0.989. The molecule has 0 aliphatic rings. The number of hydrogen-bond acceptors (Lipinski definition) is 4. The van der Waals surface area contributed by atoms with Crippen LogP contribution in [0, 0.1) is 11.6 Å². The number of nitrogens with zero attached hydrogens (tertiary/aromatic N) is 1. The third kappa shape index (κ3) is 3.81. The van der Waals surface area contributed by atoms with Gasteiger partial charge in [-0.15, -0.1) is 0 Å². The molecule has 1 heterocycles. The molecule has 1 aromatic carbocycles. The molecule has 0 bridgehead atoms. The smallest absolute Gasteiger partial charge is 0.237 e. The van der Waals surface area contributed by atoms with Crippen LogP contribution in [0.15, 0.2) is 30.5 Å². The van der Waals surface area contributed by atoms with Crippen molar-refractivity contribution in [3.05, 3.63) is 47.7 Å². The second kappa shape index (κ2) is 6.39. The van der Waals surface area contributed by atoms with E-state index < -0.39 is 17.4 Å². The molecule has 0 aliphatic heterocycles. The minimum Gasteiger partial charge on any atom is -0.503 e. The normalized spacial score (nSPS) is 10.7. The average Bonchev–Trinajstić information content (AvgIpc) is 2.43. The van der Waals surface area contributed by atoms with E-state index in [2.05, 4.69) is 10.3 Å². The summed E-state index contributed by atoms with van der Waals surface area (Å²) >= 11 is 0. The van der Waals surface area contributed by atoms with Crippen molar-refractivity contribution < 1.29 is 18.6 Å². The summed E-state index contributed by atoms with van der Waals surface area (Å²) in [6, 6.07) is 5.64. The lowest BCUT2D eigenvalue weighted by Gasteiger charge is -2.14. The van der Waals surface area contributed by atoms with E-state index in [4.69, 9.17) is 9.84 Å².